The van der Waals surface area contributed by atoms with Crippen LogP contribution in [-0.2, 0) is 10.0 Å². The molecule has 1 aliphatic heterocycles. The van der Waals surface area contributed by atoms with Crippen molar-refractivity contribution in [2.24, 2.45) is 0 Å². The van der Waals surface area contributed by atoms with Crippen LogP contribution in [0.3, 0.4) is 0 Å². The van der Waals surface area contributed by atoms with E-state index in [2.05, 4.69) is 20.4 Å². The molecule has 4 rings (SSSR count). The molecule has 1 N–H and O–H groups in total. The summed E-state index contributed by atoms with van der Waals surface area (Å²) in [4.78, 5) is 15.0. The Morgan fingerprint density at radius 1 is 0.853 bits per heavy atom. The number of nitrogens with zero attached hydrogens (tertiary/aromatic N) is 4. The van der Waals surface area contributed by atoms with E-state index in [0.717, 1.165) is 34.5 Å². The summed E-state index contributed by atoms with van der Waals surface area (Å²) in [5.74, 6) is 0.599. The van der Waals surface area contributed by atoms with Gasteiger partial charge in [-0.3, -0.25) is 4.79 Å². The van der Waals surface area contributed by atoms with Crippen LogP contribution in [0.5, 0.6) is 0 Å². The molecule has 1 aliphatic rings. The summed E-state index contributed by atoms with van der Waals surface area (Å²) in [6.45, 7) is 2.05. The van der Waals surface area contributed by atoms with Gasteiger partial charge < -0.3 is 10.2 Å². The van der Waals surface area contributed by atoms with E-state index in [-0.39, 0.29) is 10.8 Å². The zero-order valence-corrected chi connectivity index (χ0v) is 20.3. The minimum absolute atomic E-state index is 0.140. The highest BCUT2D eigenvalue weighted by molar-refractivity contribution is 7.89. The van der Waals surface area contributed by atoms with Crippen LogP contribution in [0.4, 0.5) is 11.5 Å². The molecule has 1 aromatic heterocycles. The summed E-state index contributed by atoms with van der Waals surface area (Å²) < 4.78 is 25.5. The summed E-state index contributed by atoms with van der Waals surface area (Å²) in [6, 6.07) is 17.3. The largest absolute Gasteiger partial charge is 0.355 e. The molecule has 0 unspecified atom stereocenters. The number of hydrogen-bond acceptors (Lipinski definition) is 6. The van der Waals surface area contributed by atoms with Crippen LogP contribution in [0.25, 0.3) is 11.3 Å². The van der Waals surface area contributed by atoms with Crippen molar-refractivity contribution >= 4 is 27.4 Å². The molecule has 0 atom stereocenters. The third-order valence-corrected chi connectivity index (χ3v) is 7.74. The zero-order chi connectivity index (χ0) is 24.1. The molecule has 2 heterocycles. The summed E-state index contributed by atoms with van der Waals surface area (Å²) in [5.41, 5.74) is 2.69. The van der Waals surface area contributed by atoms with Crippen molar-refractivity contribution in [1.82, 2.24) is 14.5 Å². The zero-order valence-electron chi connectivity index (χ0n) is 19.4. The van der Waals surface area contributed by atoms with Gasteiger partial charge in [-0.05, 0) is 61.4 Å². The maximum Gasteiger partial charge on any atom is 0.255 e. The Hall–Kier alpha value is -3.30. The number of amides is 1. The molecule has 8 nitrogen and oxygen atoms in total. The quantitative estimate of drug-likeness (QED) is 0.574. The van der Waals surface area contributed by atoms with Gasteiger partial charge in [-0.25, -0.2) is 12.7 Å². The van der Waals surface area contributed by atoms with Gasteiger partial charge in [-0.1, -0.05) is 25.0 Å². The Morgan fingerprint density at radius 2 is 1.50 bits per heavy atom. The van der Waals surface area contributed by atoms with Gasteiger partial charge in [-0.2, -0.15) is 0 Å². The number of aromatic nitrogens is 2. The lowest BCUT2D eigenvalue weighted by Crippen LogP contribution is -2.25. The summed E-state index contributed by atoms with van der Waals surface area (Å²) in [6.07, 6.45) is 4.93. The number of benzene rings is 2. The molecular formula is C25H29N5O3S. The summed E-state index contributed by atoms with van der Waals surface area (Å²) in [7, 11) is -0.597. The SMILES string of the molecule is CN(C)S(=O)(=O)c1ccc(C(=O)Nc2ccc(-c3ccc(N4CCCCCC4)nn3)cc2)cc1. The molecule has 0 saturated carbocycles. The molecular weight excluding hydrogens is 450 g/mol. The van der Waals surface area contributed by atoms with Crippen LogP contribution in [0, 0.1) is 0 Å². The first-order valence-corrected chi connectivity index (χ1v) is 12.8. The standard InChI is InChI=1S/C25H29N5O3S/c1-29(2)34(32,33)22-13-9-20(10-14-22)25(31)26-21-11-7-19(8-12-21)23-15-16-24(28-27-23)30-17-5-3-4-6-18-30/h7-16H,3-6,17-18H2,1-2H3,(H,26,31). The number of anilines is 2. The number of hydrogen-bond donors (Lipinski definition) is 1. The van der Waals surface area contributed by atoms with Gasteiger partial charge in [-0.15, -0.1) is 10.2 Å². The average molecular weight is 480 g/mol. The Labute approximate surface area is 200 Å². The van der Waals surface area contributed by atoms with E-state index < -0.39 is 10.0 Å². The molecule has 0 spiro atoms. The molecule has 1 fully saturated rings. The Bertz CT molecular complexity index is 1220. The van der Waals surface area contributed by atoms with Crippen LogP contribution in [0.15, 0.2) is 65.6 Å². The van der Waals surface area contributed by atoms with Crippen LogP contribution >= 0.6 is 0 Å². The molecule has 0 radical (unpaired) electrons. The van der Waals surface area contributed by atoms with E-state index in [0.29, 0.717) is 11.3 Å². The van der Waals surface area contributed by atoms with Gasteiger partial charge in [0.05, 0.1) is 10.6 Å². The van der Waals surface area contributed by atoms with E-state index in [1.807, 2.05) is 36.4 Å². The summed E-state index contributed by atoms with van der Waals surface area (Å²) >= 11 is 0. The minimum Gasteiger partial charge on any atom is -0.355 e. The molecule has 34 heavy (non-hydrogen) atoms. The predicted molar refractivity (Wildman–Crippen MR) is 133 cm³/mol. The van der Waals surface area contributed by atoms with Crippen LogP contribution in [0.2, 0.25) is 0 Å². The lowest BCUT2D eigenvalue weighted by atomic mass is 10.1. The number of sulfonamides is 1. The average Bonchev–Trinajstić information content (AvgIpc) is 3.14. The summed E-state index contributed by atoms with van der Waals surface area (Å²) in [5, 5.41) is 11.7. The van der Waals surface area contributed by atoms with Crippen LogP contribution in [-0.4, -0.2) is 56.0 Å². The molecule has 1 saturated heterocycles. The van der Waals surface area contributed by atoms with Crippen molar-refractivity contribution < 1.29 is 13.2 Å². The van der Waals surface area contributed by atoms with Crippen molar-refractivity contribution in [1.29, 1.82) is 0 Å². The Kier molecular flexibility index (Phi) is 7.23. The maximum atomic E-state index is 12.6. The number of carbonyl (C=O) groups is 1. The topological polar surface area (TPSA) is 95.5 Å². The van der Waals surface area contributed by atoms with Gasteiger partial charge in [0.15, 0.2) is 5.82 Å². The fraction of sp³-hybridized carbons (Fsp3) is 0.320. The monoisotopic (exact) mass is 479 g/mol. The second-order valence-corrected chi connectivity index (χ2v) is 10.7. The molecule has 0 bridgehead atoms. The first-order valence-electron chi connectivity index (χ1n) is 11.4. The van der Waals surface area contributed by atoms with Crippen molar-refractivity contribution in [2.45, 2.75) is 30.6 Å². The predicted octanol–water partition coefficient (Wildman–Crippen LogP) is 4.03. The molecule has 0 aliphatic carbocycles. The normalized spacial score (nSPS) is 14.6. The lowest BCUT2D eigenvalue weighted by Gasteiger charge is -2.20. The van der Waals surface area contributed by atoms with Crippen molar-refractivity contribution in [3.63, 3.8) is 0 Å². The first-order chi connectivity index (χ1) is 16.3. The highest BCUT2D eigenvalue weighted by Gasteiger charge is 2.17. The number of nitrogens with one attached hydrogen (secondary N) is 1. The minimum atomic E-state index is -3.53. The van der Waals surface area contributed by atoms with E-state index in [9.17, 15) is 13.2 Å². The van der Waals surface area contributed by atoms with Gasteiger partial charge in [0.2, 0.25) is 10.0 Å². The molecule has 3 aromatic rings. The third kappa shape index (κ3) is 5.43. The number of rotatable bonds is 6. The fourth-order valence-electron chi connectivity index (χ4n) is 3.86. The first kappa shape index (κ1) is 23.8. The van der Waals surface area contributed by atoms with E-state index in [1.165, 1.54) is 64.0 Å². The van der Waals surface area contributed by atoms with Crippen LogP contribution < -0.4 is 10.2 Å². The second-order valence-electron chi connectivity index (χ2n) is 8.52. The van der Waals surface area contributed by atoms with E-state index >= 15 is 0 Å². The Morgan fingerprint density at radius 3 is 2.06 bits per heavy atom. The van der Waals surface area contributed by atoms with Crippen LogP contribution in [0.1, 0.15) is 36.0 Å². The maximum absolute atomic E-state index is 12.6. The smallest absolute Gasteiger partial charge is 0.255 e. The molecule has 178 valence electrons. The fourth-order valence-corrected chi connectivity index (χ4v) is 4.77. The molecule has 2 aromatic carbocycles. The Balaban J connectivity index is 1.40. The van der Waals surface area contributed by atoms with Gasteiger partial charge >= 0.3 is 0 Å². The molecule has 9 heteroatoms. The van der Waals surface area contributed by atoms with Crippen molar-refractivity contribution in [3.8, 4) is 11.3 Å². The van der Waals surface area contributed by atoms with Crippen molar-refractivity contribution in [2.75, 3.05) is 37.4 Å². The lowest BCUT2D eigenvalue weighted by molar-refractivity contribution is 0.102. The van der Waals surface area contributed by atoms with Crippen molar-refractivity contribution in [3.05, 3.63) is 66.2 Å². The molecule has 1 amide bonds. The highest BCUT2D eigenvalue weighted by Crippen LogP contribution is 2.23. The van der Waals surface area contributed by atoms with Gasteiger partial charge in [0, 0.05) is 44.0 Å². The second kappa shape index (κ2) is 10.3. The van der Waals surface area contributed by atoms with Gasteiger partial charge in [0.1, 0.15) is 0 Å². The van der Waals surface area contributed by atoms with E-state index in [1.54, 1.807) is 0 Å². The third-order valence-electron chi connectivity index (χ3n) is 5.91. The number of carbonyl (C=O) groups excluding carboxylic acids is 1. The highest BCUT2D eigenvalue weighted by atomic mass is 32.2. The van der Waals surface area contributed by atoms with Gasteiger partial charge in [0.25, 0.3) is 5.91 Å². The van der Waals surface area contributed by atoms with E-state index in [4.69, 9.17) is 0 Å².